The topological polar surface area (TPSA) is 18.5 Å². The van der Waals surface area contributed by atoms with Gasteiger partial charge in [0.25, 0.3) is 0 Å². The van der Waals surface area contributed by atoms with Crippen molar-refractivity contribution in [3.63, 3.8) is 0 Å². The summed E-state index contributed by atoms with van der Waals surface area (Å²) in [6.07, 6.45) is 11.9. The molecule has 0 radical (unpaired) electrons. The molecule has 2 nitrogen and oxygen atoms in total. The highest BCUT2D eigenvalue weighted by Crippen LogP contribution is 2.41. The molecule has 4 rings (SSSR count). The van der Waals surface area contributed by atoms with Crippen LogP contribution in [0.1, 0.15) is 114 Å². The Morgan fingerprint density at radius 1 is 0.605 bits per heavy atom. The molecule has 2 aliphatic carbocycles. The summed E-state index contributed by atoms with van der Waals surface area (Å²) in [4.78, 5) is 0. The highest BCUT2D eigenvalue weighted by atomic mass is 19.2. The van der Waals surface area contributed by atoms with Crippen LogP contribution in [0.4, 0.5) is 17.6 Å². The maximum absolute atomic E-state index is 15.0. The Bertz CT molecular complexity index is 1040. The number of ether oxygens (including phenoxy) is 2. The fourth-order valence-corrected chi connectivity index (χ4v) is 6.40. The Morgan fingerprint density at radius 3 is 1.61 bits per heavy atom. The molecular formula is C32H42F4O2. The molecule has 0 atom stereocenters. The zero-order valence-electron chi connectivity index (χ0n) is 22.8. The number of unbranched alkanes of at least 4 members (excludes halogenated alkanes) is 2. The predicted molar refractivity (Wildman–Crippen MR) is 143 cm³/mol. The zero-order chi connectivity index (χ0) is 27.1. The van der Waals surface area contributed by atoms with Gasteiger partial charge in [-0.1, -0.05) is 44.7 Å². The van der Waals surface area contributed by atoms with Gasteiger partial charge in [-0.2, -0.15) is 8.78 Å². The predicted octanol–water partition coefficient (Wildman–Crippen LogP) is 9.85. The van der Waals surface area contributed by atoms with Crippen LogP contribution in [-0.2, 0) is 0 Å². The third-order valence-corrected chi connectivity index (χ3v) is 8.72. The van der Waals surface area contributed by atoms with Crippen LogP contribution in [0.5, 0.6) is 11.5 Å². The van der Waals surface area contributed by atoms with Crippen molar-refractivity contribution in [1.29, 1.82) is 0 Å². The van der Waals surface area contributed by atoms with Crippen LogP contribution in [-0.4, -0.2) is 13.2 Å². The van der Waals surface area contributed by atoms with Gasteiger partial charge in [-0.15, -0.1) is 0 Å². The molecule has 0 amide bonds. The molecule has 38 heavy (non-hydrogen) atoms. The van der Waals surface area contributed by atoms with E-state index in [0.717, 1.165) is 38.5 Å². The average molecular weight is 535 g/mol. The van der Waals surface area contributed by atoms with Gasteiger partial charge in [0.05, 0.1) is 13.2 Å². The zero-order valence-corrected chi connectivity index (χ0v) is 22.8. The Balaban J connectivity index is 1.27. The molecule has 0 aromatic heterocycles. The van der Waals surface area contributed by atoms with Gasteiger partial charge in [-0.05, 0) is 105 Å². The molecule has 0 spiro atoms. The lowest BCUT2D eigenvalue weighted by molar-refractivity contribution is 0.191. The van der Waals surface area contributed by atoms with E-state index in [9.17, 15) is 13.2 Å². The minimum Gasteiger partial charge on any atom is -0.491 e. The third kappa shape index (κ3) is 6.84. The van der Waals surface area contributed by atoms with Crippen molar-refractivity contribution >= 4 is 0 Å². The number of hydrogen-bond acceptors (Lipinski definition) is 2. The quantitative estimate of drug-likeness (QED) is 0.211. The van der Waals surface area contributed by atoms with E-state index in [-0.39, 0.29) is 42.5 Å². The first-order valence-corrected chi connectivity index (χ1v) is 14.6. The van der Waals surface area contributed by atoms with Gasteiger partial charge in [0.15, 0.2) is 23.1 Å². The molecular weight excluding hydrogens is 492 g/mol. The molecule has 6 heteroatoms. The molecule has 0 heterocycles. The SMILES string of the molecule is CCCCCC1CCC(c2ccc(OCC3CCC(c4ccc(OCC)c(F)c4F)CC3)c(F)c2F)CC1. The summed E-state index contributed by atoms with van der Waals surface area (Å²) in [6, 6.07) is 6.39. The van der Waals surface area contributed by atoms with Crippen molar-refractivity contribution in [1.82, 2.24) is 0 Å². The van der Waals surface area contributed by atoms with Crippen molar-refractivity contribution in [2.75, 3.05) is 13.2 Å². The van der Waals surface area contributed by atoms with Gasteiger partial charge >= 0.3 is 0 Å². The van der Waals surface area contributed by atoms with Crippen molar-refractivity contribution in [2.24, 2.45) is 11.8 Å². The maximum atomic E-state index is 15.0. The Morgan fingerprint density at radius 2 is 1.11 bits per heavy atom. The summed E-state index contributed by atoms with van der Waals surface area (Å²) in [5, 5.41) is 0. The van der Waals surface area contributed by atoms with Crippen molar-refractivity contribution in [3.05, 3.63) is 58.7 Å². The van der Waals surface area contributed by atoms with Crippen molar-refractivity contribution in [2.45, 2.75) is 103 Å². The molecule has 0 saturated heterocycles. The number of rotatable bonds is 11. The fraction of sp³-hybridized carbons (Fsp3) is 0.625. The smallest absolute Gasteiger partial charge is 0.200 e. The summed E-state index contributed by atoms with van der Waals surface area (Å²) < 4.78 is 69.7. The summed E-state index contributed by atoms with van der Waals surface area (Å²) in [6.45, 7) is 4.49. The van der Waals surface area contributed by atoms with Gasteiger partial charge in [0.2, 0.25) is 11.6 Å². The van der Waals surface area contributed by atoms with Gasteiger partial charge in [0.1, 0.15) is 0 Å². The lowest BCUT2D eigenvalue weighted by Gasteiger charge is -2.30. The largest absolute Gasteiger partial charge is 0.491 e. The van der Waals surface area contributed by atoms with E-state index < -0.39 is 23.3 Å². The van der Waals surface area contributed by atoms with E-state index in [1.54, 1.807) is 25.1 Å². The minimum absolute atomic E-state index is 0.0405. The molecule has 2 aromatic carbocycles. The van der Waals surface area contributed by atoms with E-state index in [1.165, 1.54) is 31.7 Å². The molecule has 210 valence electrons. The molecule has 0 bridgehead atoms. The van der Waals surface area contributed by atoms with Gasteiger partial charge in [-0.3, -0.25) is 0 Å². The van der Waals surface area contributed by atoms with Crippen LogP contribution < -0.4 is 9.47 Å². The lowest BCUT2D eigenvalue weighted by Crippen LogP contribution is -2.20. The van der Waals surface area contributed by atoms with Gasteiger partial charge in [0, 0.05) is 0 Å². The standard InChI is InChI=1S/C32H42F4O2/c1-3-5-6-7-21-8-12-23(13-9-21)26-17-19-28(32(36)30(26)34)38-20-22-10-14-24(15-11-22)25-16-18-27(37-4-2)31(35)29(25)33/h16-19,21-24H,3-15,20H2,1-2H3. The highest BCUT2D eigenvalue weighted by molar-refractivity contribution is 5.34. The Kier molecular flexibility index (Phi) is 10.4. The summed E-state index contributed by atoms with van der Waals surface area (Å²) >= 11 is 0. The maximum Gasteiger partial charge on any atom is 0.200 e. The molecule has 0 aliphatic heterocycles. The minimum atomic E-state index is -0.934. The molecule has 2 aromatic rings. The normalized spacial score (nSPS) is 23.8. The first kappa shape index (κ1) is 28.8. The van der Waals surface area contributed by atoms with Crippen molar-refractivity contribution < 1.29 is 27.0 Å². The molecule has 2 aliphatic rings. The second-order valence-electron chi connectivity index (χ2n) is 11.2. The second kappa shape index (κ2) is 13.7. The van der Waals surface area contributed by atoms with Gasteiger partial charge in [-0.25, -0.2) is 8.78 Å². The average Bonchev–Trinajstić information content (AvgIpc) is 2.93. The Hall–Kier alpha value is -2.24. The first-order valence-electron chi connectivity index (χ1n) is 14.6. The first-order chi connectivity index (χ1) is 18.4. The van der Waals surface area contributed by atoms with Crippen LogP contribution in [0.15, 0.2) is 24.3 Å². The Labute approximate surface area is 225 Å². The van der Waals surface area contributed by atoms with Crippen LogP contribution in [0.3, 0.4) is 0 Å². The van der Waals surface area contributed by atoms with Crippen LogP contribution >= 0.6 is 0 Å². The van der Waals surface area contributed by atoms with Crippen LogP contribution in [0, 0.1) is 35.1 Å². The summed E-state index contributed by atoms with van der Waals surface area (Å²) in [5.74, 6) is -2.67. The number of benzene rings is 2. The molecule has 2 saturated carbocycles. The number of hydrogen-bond donors (Lipinski definition) is 0. The van der Waals surface area contributed by atoms with E-state index in [0.29, 0.717) is 29.9 Å². The van der Waals surface area contributed by atoms with Crippen LogP contribution in [0.25, 0.3) is 0 Å². The van der Waals surface area contributed by atoms with Crippen LogP contribution in [0.2, 0.25) is 0 Å². The highest BCUT2D eigenvalue weighted by Gasteiger charge is 2.29. The molecule has 0 N–H and O–H groups in total. The fourth-order valence-electron chi connectivity index (χ4n) is 6.40. The summed E-state index contributed by atoms with van der Waals surface area (Å²) in [7, 11) is 0. The van der Waals surface area contributed by atoms with E-state index >= 15 is 4.39 Å². The summed E-state index contributed by atoms with van der Waals surface area (Å²) in [5.41, 5.74) is 0.857. The number of halogens is 4. The van der Waals surface area contributed by atoms with E-state index in [2.05, 4.69) is 6.92 Å². The van der Waals surface area contributed by atoms with Gasteiger partial charge < -0.3 is 9.47 Å². The second-order valence-corrected chi connectivity index (χ2v) is 11.2. The van der Waals surface area contributed by atoms with Crippen molar-refractivity contribution in [3.8, 4) is 11.5 Å². The van der Waals surface area contributed by atoms with E-state index in [4.69, 9.17) is 9.47 Å². The molecule has 0 unspecified atom stereocenters. The monoisotopic (exact) mass is 534 g/mol. The molecule has 2 fully saturated rings. The lowest BCUT2D eigenvalue weighted by atomic mass is 9.77. The third-order valence-electron chi connectivity index (χ3n) is 8.72. The van der Waals surface area contributed by atoms with E-state index in [1.807, 2.05) is 0 Å².